The molecule has 0 fully saturated rings. The predicted octanol–water partition coefficient (Wildman–Crippen LogP) is -1.14. The van der Waals surface area contributed by atoms with E-state index in [2.05, 4.69) is 0 Å². The zero-order chi connectivity index (χ0) is 10.9. The Bertz CT molecular complexity index is 330. The van der Waals surface area contributed by atoms with Gasteiger partial charge in [-0.15, -0.1) is 0 Å². The second-order valence-corrected chi connectivity index (χ2v) is 2.77. The molecule has 0 aliphatic carbocycles. The van der Waals surface area contributed by atoms with Gasteiger partial charge in [-0.3, -0.25) is 0 Å². The smallest absolute Gasteiger partial charge is 0.351 e. The lowest BCUT2D eigenvalue weighted by molar-refractivity contribution is -0.157. The molecule has 76 valence electrons. The van der Waals surface area contributed by atoms with Crippen molar-refractivity contribution in [3.8, 4) is 0 Å². The van der Waals surface area contributed by atoms with Crippen LogP contribution in [0.5, 0.6) is 0 Å². The lowest BCUT2D eigenvalue weighted by Crippen LogP contribution is -2.55. The number of hydrogen-bond acceptors (Lipinski definition) is 4. The number of aliphatic carboxylic acids is 3. The van der Waals surface area contributed by atoms with E-state index >= 15 is 0 Å². The molecule has 4 N–H and O–H groups in total. The SMILES string of the molecule is O=C(O)C1=CCC(C(=O)O)(C(=O)O)N1. The minimum absolute atomic E-state index is 0.390. The fourth-order valence-electron chi connectivity index (χ4n) is 1.10. The van der Waals surface area contributed by atoms with Gasteiger partial charge in [0.15, 0.2) is 0 Å². The summed E-state index contributed by atoms with van der Waals surface area (Å²) in [5.74, 6) is -4.61. The van der Waals surface area contributed by atoms with Crippen LogP contribution in [0, 0.1) is 0 Å². The van der Waals surface area contributed by atoms with Crippen molar-refractivity contribution in [1.82, 2.24) is 5.32 Å². The van der Waals surface area contributed by atoms with Crippen LogP contribution in [0.2, 0.25) is 0 Å². The summed E-state index contributed by atoms with van der Waals surface area (Å²) in [5.41, 5.74) is -2.65. The third-order valence-electron chi connectivity index (χ3n) is 1.92. The third kappa shape index (κ3) is 1.28. The first-order chi connectivity index (χ1) is 6.40. The fourth-order valence-corrected chi connectivity index (χ4v) is 1.10. The van der Waals surface area contributed by atoms with Gasteiger partial charge >= 0.3 is 17.9 Å². The first-order valence-corrected chi connectivity index (χ1v) is 3.58. The van der Waals surface area contributed by atoms with Crippen LogP contribution in [0.4, 0.5) is 0 Å². The minimum atomic E-state index is -2.24. The van der Waals surface area contributed by atoms with Gasteiger partial charge in [0.05, 0.1) is 0 Å². The quantitative estimate of drug-likeness (QED) is 0.425. The Morgan fingerprint density at radius 1 is 1.21 bits per heavy atom. The van der Waals surface area contributed by atoms with Crippen LogP contribution in [0.1, 0.15) is 6.42 Å². The standard InChI is InChI=1S/C7H7NO6/c9-4(10)3-1-2-7(8-3,5(11)12)6(13)14/h1,8H,2H2,(H,9,10)(H,11,12)(H,13,14). The molecule has 1 aliphatic rings. The van der Waals surface area contributed by atoms with Crippen LogP contribution < -0.4 is 5.32 Å². The van der Waals surface area contributed by atoms with E-state index in [4.69, 9.17) is 15.3 Å². The summed E-state index contributed by atoms with van der Waals surface area (Å²) in [6.45, 7) is 0. The monoisotopic (exact) mass is 201 g/mol. The number of carboxylic acid groups (broad SMARTS) is 3. The van der Waals surface area contributed by atoms with Crippen molar-refractivity contribution in [2.75, 3.05) is 0 Å². The molecule has 0 atom stereocenters. The summed E-state index contributed by atoms with van der Waals surface area (Å²) in [6, 6.07) is 0. The highest BCUT2D eigenvalue weighted by Gasteiger charge is 2.50. The second kappa shape index (κ2) is 3.02. The highest BCUT2D eigenvalue weighted by molar-refractivity contribution is 6.06. The van der Waals surface area contributed by atoms with Crippen LogP contribution in [0.25, 0.3) is 0 Å². The topological polar surface area (TPSA) is 124 Å². The number of nitrogens with one attached hydrogen (secondary N) is 1. The average molecular weight is 201 g/mol. The van der Waals surface area contributed by atoms with Crippen molar-refractivity contribution in [2.24, 2.45) is 0 Å². The first kappa shape index (κ1) is 10.0. The van der Waals surface area contributed by atoms with Gasteiger partial charge in [-0.05, 0) is 0 Å². The summed E-state index contributed by atoms with van der Waals surface area (Å²) in [5, 5.41) is 27.8. The molecule has 0 spiro atoms. The van der Waals surface area contributed by atoms with Gasteiger partial charge in [0.25, 0.3) is 0 Å². The Morgan fingerprint density at radius 3 is 1.93 bits per heavy atom. The fraction of sp³-hybridized carbons (Fsp3) is 0.286. The molecule has 0 unspecified atom stereocenters. The molecule has 0 aromatic rings. The zero-order valence-corrected chi connectivity index (χ0v) is 6.85. The van der Waals surface area contributed by atoms with E-state index in [0.717, 1.165) is 6.08 Å². The molecular weight excluding hydrogens is 194 g/mol. The molecule has 1 heterocycles. The zero-order valence-electron chi connectivity index (χ0n) is 6.85. The van der Waals surface area contributed by atoms with Crippen LogP contribution in [0.3, 0.4) is 0 Å². The van der Waals surface area contributed by atoms with Crippen LogP contribution in [0.15, 0.2) is 11.8 Å². The lowest BCUT2D eigenvalue weighted by Gasteiger charge is -2.20. The number of carboxylic acids is 3. The maximum absolute atomic E-state index is 10.7. The Balaban J connectivity index is 2.96. The Morgan fingerprint density at radius 2 is 1.71 bits per heavy atom. The van der Waals surface area contributed by atoms with E-state index in [1.165, 1.54) is 0 Å². The van der Waals surface area contributed by atoms with Gasteiger partial charge in [0, 0.05) is 6.42 Å². The number of rotatable bonds is 3. The molecule has 0 radical (unpaired) electrons. The van der Waals surface area contributed by atoms with Crippen molar-refractivity contribution in [3.05, 3.63) is 11.8 Å². The van der Waals surface area contributed by atoms with E-state index in [-0.39, 0.29) is 6.42 Å². The Hall–Kier alpha value is -2.05. The molecule has 0 aromatic carbocycles. The molecule has 14 heavy (non-hydrogen) atoms. The van der Waals surface area contributed by atoms with E-state index in [0.29, 0.717) is 0 Å². The lowest BCUT2D eigenvalue weighted by atomic mass is 9.99. The van der Waals surface area contributed by atoms with Gasteiger partial charge in [-0.25, -0.2) is 14.4 Å². The molecule has 0 aromatic heterocycles. The van der Waals surface area contributed by atoms with Crippen LogP contribution >= 0.6 is 0 Å². The Kier molecular flexibility index (Phi) is 2.16. The van der Waals surface area contributed by atoms with Gasteiger partial charge < -0.3 is 20.6 Å². The highest BCUT2D eigenvalue weighted by Crippen LogP contribution is 2.21. The molecular formula is C7H7NO6. The molecule has 7 nitrogen and oxygen atoms in total. The van der Waals surface area contributed by atoms with E-state index in [9.17, 15) is 14.4 Å². The van der Waals surface area contributed by atoms with Gasteiger partial charge in [-0.1, -0.05) is 6.08 Å². The molecule has 0 amide bonds. The molecule has 0 saturated carbocycles. The predicted molar refractivity (Wildman–Crippen MR) is 41.5 cm³/mol. The molecule has 0 saturated heterocycles. The van der Waals surface area contributed by atoms with Crippen molar-refractivity contribution < 1.29 is 29.7 Å². The maximum atomic E-state index is 10.7. The van der Waals surface area contributed by atoms with Gasteiger partial charge in [0.2, 0.25) is 5.54 Å². The Labute approximate surface area is 77.7 Å². The summed E-state index contributed by atoms with van der Waals surface area (Å²) >= 11 is 0. The van der Waals surface area contributed by atoms with Crippen LogP contribution in [-0.2, 0) is 14.4 Å². The maximum Gasteiger partial charge on any atom is 0.351 e. The summed E-state index contributed by atoms with van der Waals surface area (Å²) in [4.78, 5) is 31.7. The van der Waals surface area contributed by atoms with E-state index < -0.39 is 29.1 Å². The van der Waals surface area contributed by atoms with Gasteiger partial charge in [-0.2, -0.15) is 0 Å². The summed E-state index contributed by atoms with van der Waals surface area (Å²) in [6.07, 6.45) is 0.643. The van der Waals surface area contributed by atoms with Crippen LogP contribution in [-0.4, -0.2) is 38.8 Å². The molecule has 0 bridgehead atoms. The minimum Gasteiger partial charge on any atom is -0.479 e. The summed E-state index contributed by atoms with van der Waals surface area (Å²) in [7, 11) is 0. The molecule has 7 heteroatoms. The summed E-state index contributed by atoms with van der Waals surface area (Å²) < 4.78 is 0. The molecule has 1 rings (SSSR count). The van der Waals surface area contributed by atoms with Crippen molar-refractivity contribution in [2.45, 2.75) is 12.0 Å². The highest BCUT2D eigenvalue weighted by atomic mass is 16.4. The van der Waals surface area contributed by atoms with E-state index in [1.807, 2.05) is 5.32 Å². The third-order valence-corrected chi connectivity index (χ3v) is 1.92. The molecule has 1 aliphatic heterocycles. The first-order valence-electron chi connectivity index (χ1n) is 3.58. The number of carbonyl (C=O) groups is 3. The number of hydrogen-bond donors (Lipinski definition) is 4. The largest absolute Gasteiger partial charge is 0.479 e. The second-order valence-electron chi connectivity index (χ2n) is 2.77. The van der Waals surface area contributed by atoms with Crippen molar-refractivity contribution in [1.29, 1.82) is 0 Å². The van der Waals surface area contributed by atoms with E-state index in [1.54, 1.807) is 0 Å². The average Bonchev–Trinajstić information content (AvgIpc) is 2.48. The normalized spacial score (nSPS) is 18.1. The van der Waals surface area contributed by atoms with Crippen molar-refractivity contribution in [3.63, 3.8) is 0 Å². The van der Waals surface area contributed by atoms with Gasteiger partial charge in [0.1, 0.15) is 5.70 Å². The van der Waals surface area contributed by atoms with Crippen molar-refractivity contribution >= 4 is 17.9 Å².